The third kappa shape index (κ3) is 30.7. The SMILES string of the molecule is CCCCCCCC/C=C\COC(=O)CCCCCC(CCCCCC(=O)OC/C=C\CCCCCCCC)N=[N+]=[N-]. The van der Waals surface area contributed by atoms with Gasteiger partial charge < -0.3 is 9.47 Å². The Morgan fingerprint density at radius 1 is 0.595 bits per heavy atom. The second-order valence-corrected chi connectivity index (χ2v) is 11.5. The Kier molecular flexibility index (Phi) is 31.4. The van der Waals surface area contributed by atoms with Gasteiger partial charge in [0, 0.05) is 23.8 Å². The molecule has 0 bridgehead atoms. The van der Waals surface area contributed by atoms with Crippen LogP contribution in [0.1, 0.15) is 168 Å². The quantitative estimate of drug-likeness (QED) is 0.0200. The van der Waals surface area contributed by atoms with Crippen molar-refractivity contribution in [3.05, 3.63) is 34.7 Å². The molecule has 0 aromatic rings. The van der Waals surface area contributed by atoms with Gasteiger partial charge in [0.15, 0.2) is 0 Å². The van der Waals surface area contributed by atoms with Crippen LogP contribution in [0.5, 0.6) is 0 Å². The first-order valence-corrected chi connectivity index (χ1v) is 17.3. The summed E-state index contributed by atoms with van der Waals surface area (Å²) in [4.78, 5) is 26.8. The molecule has 0 aliphatic rings. The van der Waals surface area contributed by atoms with Gasteiger partial charge >= 0.3 is 11.9 Å². The summed E-state index contributed by atoms with van der Waals surface area (Å²) in [6.45, 7) is 5.19. The van der Waals surface area contributed by atoms with Crippen LogP contribution in [0.15, 0.2) is 29.4 Å². The van der Waals surface area contributed by atoms with Crippen LogP contribution in [-0.4, -0.2) is 31.2 Å². The highest BCUT2D eigenvalue weighted by Gasteiger charge is 2.08. The Bertz CT molecular complexity index is 680. The predicted octanol–water partition coefficient (Wildman–Crippen LogP) is 11.3. The number of esters is 2. The molecule has 0 aromatic heterocycles. The first-order valence-electron chi connectivity index (χ1n) is 17.3. The van der Waals surface area contributed by atoms with Gasteiger partial charge in [-0.1, -0.05) is 133 Å². The van der Waals surface area contributed by atoms with Crippen molar-refractivity contribution >= 4 is 11.9 Å². The lowest BCUT2D eigenvalue weighted by Crippen LogP contribution is -2.06. The van der Waals surface area contributed by atoms with E-state index in [0.29, 0.717) is 26.1 Å². The first kappa shape index (κ1) is 39.7. The van der Waals surface area contributed by atoms with Crippen LogP contribution in [0.4, 0.5) is 0 Å². The Labute approximate surface area is 257 Å². The smallest absolute Gasteiger partial charge is 0.306 e. The number of allylic oxidation sites excluding steroid dienone is 2. The molecule has 0 N–H and O–H groups in total. The van der Waals surface area contributed by atoms with Gasteiger partial charge in [0.1, 0.15) is 13.2 Å². The van der Waals surface area contributed by atoms with E-state index in [1.165, 1.54) is 77.0 Å². The third-order valence-electron chi connectivity index (χ3n) is 7.51. The number of hydrogen-bond acceptors (Lipinski definition) is 5. The average Bonchev–Trinajstić information content (AvgIpc) is 2.98. The number of unbranched alkanes of at least 4 members (excludes halogenated alkanes) is 16. The molecular weight excluding hydrogens is 526 g/mol. The Balaban J connectivity index is 3.70. The molecule has 0 fully saturated rings. The van der Waals surface area contributed by atoms with Gasteiger partial charge in [0.05, 0.1) is 0 Å². The van der Waals surface area contributed by atoms with Crippen LogP contribution in [0.3, 0.4) is 0 Å². The van der Waals surface area contributed by atoms with Crippen molar-refractivity contribution in [3.63, 3.8) is 0 Å². The highest BCUT2D eigenvalue weighted by Crippen LogP contribution is 2.16. The molecule has 0 radical (unpaired) electrons. The zero-order valence-electron chi connectivity index (χ0n) is 27.2. The molecule has 0 amide bonds. The van der Waals surface area contributed by atoms with Gasteiger partial charge in [-0.2, -0.15) is 0 Å². The predicted molar refractivity (Wildman–Crippen MR) is 175 cm³/mol. The van der Waals surface area contributed by atoms with E-state index in [1.54, 1.807) is 0 Å². The highest BCUT2D eigenvalue weighted by atomic mass is 16.5. The minimum absolute atomic E-state index is 0.0255. The second-order valence-electron chi connectivity index (χ2n) is 11.5. The Hall–Kier alpha value is -2.27. The van der Waals surface area contributed by atoms with Crippen LogP contribution in [-0.2, 0) is 19.1 Å². The summed E-state index contributed by atoms with van der Waals surface area (Å²) in [6.07, 6.45) is 33.5. The van der Waals surface area contributed by atoms with Gasteiger partial charge in [-0.3, -0.25) is 9.59 Å². The molecule has 0 saturated heterocycles. The van der Waals surface area contributed by atoms with Crippen molar-refractivity contribution in [1.29, 1.82) is 0 Å². The monoisotopic (exact) mass is 589 g/mol. The number of carbonyl (C=O) groups excluding carboxylic acids is 2. The van der Waals surface area contributed by atoms with Crippen LogP contribution in [0.25, 0.3) is 10.4 Å². The number of ether oxygens (including phenoxy) is 2. The van der Waals surface area contributed by atoms with Crippen LogP contribution in [0.2, 0.25) is 0 Å². The number of azide groups is 1. The van der Waals surface area contributed by atoms with Crippen molar-refractivity contribution in [2.45, 2.75) is 174 Å². The maximum absolute atomic E-state index is 11.9. The fourth-order valence-corrected chi connectivity index (χ4v) is 4.87. The number of hydrogen-bond donors (Lipinski definition) is 0. The molecule has 0 aromatic carbocycles. The summed E-state index contributed by atoms with van der Waals surface area (Å²) in [5, 5.41) is 3.95. The number of rotatable bonds is 31. The maximum atomic E-state index is 11.9. The zero-order valence-corrected chi connectivity index (χ0v) is 27.2. The van der Waals surface area contributed by atoms with Crippen molar-refractivity contribution in [1.82, 2.24) is 0 Å². The van der Waals surface area contributed by atoms with Gasteiger partial charge in [-0.05, 0) is 56.9 Å². The lowest BCUT2D eigenvalue weighted by molar-refractivity contribution is -0.143. The summed E-state index contributed by atoms with van der Waals surface area (Å²) in [5.74, 6) is -0.290. The van der Waals surface area contributed by atoms with E-state index in [9.17, 15) is 9.59 Å². The minimum Gasteiger partial charge on any atom is -0.461 e. The van der Waals surface area contributed by atoms with E-state index in [2.05, 4.69) is 36.0 Å². The van der Waals surface area contributed by atoms with Crippen LogP contribution < -0.4 is 0 Å². The van der Waals surface area contributed by atoms with E-state index in [1.807, 2.05) is 12.2 Å². The second kappa shape index (κ2) is 33.2. The normalized spacial score (nSPS) is 11.4. The standard InChI is InChI=1S/C35H63N3O4/c1-3-5-7-9-11-13-15-17-25-31-41-34(39)29-23-19-21-27-33(37-38-36)28-22-20-24-30-35(40)42-32-26-18-16-14-12-10-8-6-4-2/h17-18,25-26,33H,3-16,19-24,27-32H2,1-2H3/b25-17-,26-18-. The van der Waals surface area contributed by atoms with Crippen molar-refractivity contribution < 1.29 is 19.1 Å². The van der Waals surface area contributed by atoms with Crippen LogP contribution >= 0.6 is 0 Å². The molecule has 0 atom stereocenters. The van der Waals surface area contributed by atoms with E-state index >= 15 is 0 Å². The molecule has 0 aliphatic carbocycles. The summed E-state index contributed by atoms with van der Waals surface area (Å²) >= 11 is 0. The van der Waals surface area contributed by atoms with Crippen molar-refractivity contribution in [2.75, 3.05) is 13.2 Å². The molecule has 7 heteroatoms. The summed E-state index contributed by atoms with van der Waals surface area (Å²) in [6, 6.07) is -0.0255. The van der Waals surface area contributed by atoms with E-state index in [4.69, 9.17) is 15.0 Å². The molecule has 0 aliphatic heterocycles. The lowest BCUT2D eigenvalue weighted by Gasteiger charge is -2.10. The molecular formula is C35H63N3O4. The molecule has 42 heavy (non-hydrogen) atoms. The van der Waals surface area contributed by atoms with Crippen molar-refractivity contribution in [3.8, 4) is 0 Å². The van der Waals surface area contributed by atoms with E-state index in [-0.39, 0.29) is 18.0 Å². The molecule has 0 saturated carbocycles. The Morgan fingerprint density at radius 2 is 1.00 bits per heavy atom. The Morgan fingerprint density at radius 3 is 1.43 bits per heavy atom. The topological polar surface area (TPSA) is 101 Å². The first-order chi connectivity index (χ1) is 20.6. The molecule has 0 heterocycles. The summed E-state index contributed by atoms with van der Waals surface area (Å²) in [5.41, 5.74) is 8.90. The molecule has 0 unspecified atom stereocenters. The fourth-order valence-electron chi connectivity index (χ4n) is 4.87. The summed E-state index contributed by atoms with van der Waals surface area (Å²) < 4.78 is 10.6. The lowest BCUT2D eigenvalue weighted by atomic mass is 10.0. The van der Waals surface area contributed by atoms with Gasteiger partial charge in [0.25, 0.3) is 0 Å². The van der Waals surface area contributed by atoms with Gasteiger partial charge in [0.2, 0.25) is 0 Å². The van der Waals surface area contributed by atoms with Gasteiger partial charge in [-0.15, -0.1) is 0 Å². The summed E-state index contributed by atoms with van der Waals surface area (Å²) in [7, 11) is 0. The minimum atomic E-state index is -0.145. The third-order valence-corrected chi connectivity index (χ3v) is 7.51. The number of nitrogens with zero attached hydrogens (tertiary/aromatic N) is 3. The molecule has 0 spiro atoms. The average molecular weight is 590 g/mol. The van der Waals surface area contributed by atoms with Crippen LogP contribution in [0, 0.1) is 0 Å². The van der Waals surface area contributed by atoms with E-state index in [0.717, 1.165) is 64.2 Å². The molecule has 7 nitrogen and oxygen atoms in total. The molecule has 0 rings (SSSR count). The number of carbonyl (C=O) groups is 2. The highest BCUT2D eigenvalue weighted by molar-refractivity contribution is 5.69. The molecule has 242 valence electrons. The van der Waals surface area contributed by atoms with E-state index < -0.39 is 0 Å². The maximum Gasteiger partial charge on any atom is 0.306 e. The zero-order chi connectivity index (χ0) is 30.8. The fraction of sp³-hybridized carbons (Fsp3) is 0.829. The van der Waals surface area contributed by atoms with Crippen molar-refractivity contribution in [2.24, 2.45) is 5.11 Å². The van der Waals surface area contributed by atoms with Gasteiger partial charge in [-0.25, -0.2) is 0 Å². The largest absolute Gasteiger partial charge is 0.461 e.